The van der Waals surface area contributed by atoms with Crippen molar-refractivity contribution >= 4 is 5.91 Å². The van der Waals surface area contributed by atoms with Crippen molar-refractivity contribution in [3.8, 4) is 0 Å². The molecule has 23 heavy (non-hydrogen) atoms. The summed E-state index contributed by atoms with van der Waals surface area (Å²) in [7, 11) is 0. The first kappa shape index (κ1) is 14.4. The molecule has 4 rings (SSSR count). The van der Waals surface area contributed by atoms with Crippen LogP contribution in [-0.2, 0) is 12.8 Å². The van der Waals surface area contributed by atoms with Gasteiger partial charge in [-0.25, -0.2) is 0 Å². The Bertz CT molecular complexity index is 740. The van der Waals surface area contributed by atoms with E-state index in [1.54, 1.807) is 13.1 Å². The van der Waals surface area contributed by atoms with Crippen LogP contribution in [0.4, 0.5) is 0 Å². The van der Waals surface area contributed by atoms with Gasteiger partial charge in [-0.15, -0.1) is 0 Å². The number of hydrogen-bond acceptors (Lipinski definition) is 5. The molecule has 1 saturated heterocycles. The van der Waals surface area contributed by atoms with Gasteiger partial charge in [0.25, 0.3) is 5.91 Å². The zero-order valence-electron chi connectivity index (χ0n) is 13.3. The van der Waals surface area contributed by atoms with E-state index in [1.807, 2.05) is 11.0 Å². The summed E-state index contributed by atoms with van der Waals surface area (Å²) in [5.74, 6) is 1.52. The lowest BCUT2D eigenvalue weighted by Crippen LogP contribution is -2.39. The summed E-state index contributed by atoms with van der Waals surface area (Å²) in [6.07, 6.45) is 6.89. The van der Waals surface area contributed by atoms with Crippen LogP contribution >= 0.6 is 0 Å². The fraction of sp³-hybridized carbons (Fsp3) is 0.529. The van der Waals surface area contributed by atoms with Crippen molar-refractivity contribution < 1.29 is 9.32 Å². The number of aromatic nitrogens is 3. The highest BCUT2D eigenvalue weighted by atomic mass is 16.5. The molecule has 1 aliphatic heterocycles. The third kappa shape index (κ3) is 2.73. The summed E-state index contributed by atoms with van der Waals surface area (Å²) in [5.41, 5.74) is 3.09. The van der Waals surface area contributed by atoms with Crippen molar-refractivity contribution in [2.75, 3.05) is 13.1 Å². The molecule has 1 amide bonds. The maximum absolute atomic E-state index is 12.8. The van der Waals surface area contributed by atoms with Crippen LogP contribution in [0.15, 0.2) is 16.8 Å². The van der Waals surface area contributed by atoms with Crippen LogP contribution in [0.5, 0.6) is 0 Å². The Morgan fingerprint density at radius 1 is 1.35 bits per heavy atom. The third-order valence-corrected chi connectivity index (χ3v) is 4.78. The lowest BCUT2D eigenvalue weighted by molar-refractivity contribution is 0.0703. The zero-order chi connectivity index (χ0) is 15.8. The van der Waals surface area contributed by atoms with Crippen LogP contribution in [0, 0.1) is 6.92 Å². The predicted molar refractivity (Wildman–Crippen MR) is 83.2 cm³/mol. The number of piperidine rings is 1. The molecule has 0 radical (unpaired) electrons. The summed E-state index contributed by atoms with van der Waals surface area (Å²) in [4.78, 5) is 23.5. The molecule has 3 heterocycles. The van der Waals surface area contributed by atoms with Crippen molar-refractivity contribution in [3.63, 3.8) is 0 Å². The highest BCUT2D eigenvalue weighted by Gasteiger charge is 2.29. The van der Waals surface area contributed by atoms with Gasteiger partial charge in [-0.2, -0.15) is 4.98 Å². The van der Waals surface area contributed by atoms with Crippen LogP contribution in [0.3, 0.4) is 0 Å². The van der Waals surface area contributed by atoms with Gasteiger partial charge in [0.1, 0.15) is 0 Å². The first-order chi connectivity index (χ1) is 11.2. The number of fused-ring (bicyclic) bond motifs is 1. The van der Waals surface area contributed by atoms with Crippen molar-refractivity contribution in [2.24, 2.45) is 0 Å². The summed E-state index contributed by atoms with van der Waals surface area (Å²) in [5, 5.41) is 4.02. The average molecular weight is 312 g/mol. The molecule has 2 aromatic rings. The Hall–Kier alpha value is -2.24. The van der Waals surface area contributed by atoms with E-state index in [1.165, 1.54) is 5.56 Å². The summed E-state index contributed by atoms with van der Waals surface area (Å²) < 4.78 is 5.07. The lowest BCUT2D eigenvalue weighted by atomic mass is 9.96. The molecule has 1 unspecified atom stereocenters. The third-order valence-electron chi connectivity index (χ3n) is 4.78. The van der Waals surface area contributed by atoms with Crippen LogP contribution in [0.1, 0.15) is 58.5 Å². The Labute approximate surface area is 134 Å². The van der Waals surface area contributed by atoms with Crippen molar-refractivity contribution in [2.45, 2.75) is 44.9 Å². The second-order valence-corrected chi connectivity index (χ2v) is 6.45. The van der Waals surface area contributed by atoms with Gasteiger partial charge < -0.3 is 9.42 Å². The Kier molecular flexibility index (Phi) is 3.59. The summed E-state index contributed by atoms with van der Waals surface area (Å²) in [6, 6.07) is 2.03. The van der Waals surface area contributed by atoms with Gasteiger partial charge in [0.15, 0.2) is 5.82 Å². The van der Waals surface area contributed by atoms with Gasteiger partial charge in [-0.05, 0) is 43.7 Å². The number of amides is 1. The fourth-order valence-corrected chi connectivity index (χ4v) is 3.58. The van der Waals surface area contributed by atoms with Gasteiger partial charge in [0.05, 0.1) is 5.56 Å². The molecule has 1 atom stereocenters. The van der Waals surface area contributed by atoms with Crippen LogP contribution in [0.25, 0.3) is 0 Å². The highest BCUT2D eigenvalue weighted by Crippen LogP contribution is 2.27. The van der Waals surface area contributed by atoms with Gasteiger partial charge in [-0.3, -0.25) is 9.78 Å². The summed E-state index contributed by atoms with van der Waals surface area (Å²) >= 11 is 0. The summed E-state index contributed by atoms with van der Waals surface area (Å²) in [6.45, 7) is 3.22. The minimum absolute atomic E-state index is 0.0668. The molecule has 0 saturated carbocycles. The van der Waals surface area contributed by atoms with E-state index in [0.29, 0.717) is 23.8 Å². The Morgan fingerprint density at radius 2 is 2.26 bits per heavy atom. The number of pyridine rings is 1. The molecule has 6 heteroatoms. The molecule has 0 N–H and O–H groups in total. The number of nitrogens with zero attached hydrogens (tertiary/aromatic N) is 4. The van der Waals surface area contributed by atoms with E-state index in [9.17, 15) is 4.79 Å². The molecule has 0 spiro atoms. The minimum Gasteiger partial charge on any atom is -0.340 e. The first-order valence-electron chi connectivity index (χ1n) is 8.28. The van der Waals surface area contributed by atoms with Crippen molar-refractivity contribution in [3.05, 3.63) is 40.8 Å². The van der Waals surface area contributed by atoms with Crippen molar-refractivity contribution in [1.82, 2.24) is 20.0 Å². The van der Waals surface area contributed by atoms with E-state index in [0.717, 1.165) is 44.3 Å². The molecule has 1 fully saturated rings. The van der Waals surface area contributed by atoms with Crippen molar-refractivity contribution in [1.29, 1.82) is 0 Å². The maximum atomic E-state index is 12.8. The van der Waals surface area contributed by atoms with E-state index in [2.05, 4.69) is 15.1 Å². The molecule has 0 aromatic carbocycles. The molecular weight excluding hydrogens is 292 g/mol. The number of rotatable bonds is 2. The number of likely N-dealkylation sites (tertiary alicyclic amines) is 1. The number of carbonyl (C=O) groups is 1. The fourth-order valence-electron chi connectivity index (χ4n) is 3.58. The zero-order valence-corrected chi connectivity index (χ0v) is 13.3. The Morgan fingerprint density at radius 3 is 3.09 bits per heavy atom. The van der Waals surface area contributed by atoms with Crippen LogP contribution < -0.4 is 0 Å². The lowest BCUT2D eigenvalue weighted by Gasteiger charge is -2.31. The monoisotopic (exact) mass is 312 g/mol. The number of hydrogen-bond donors (Lipinski definition) is 0. The maximum Gasteiger partial charge on any atom is 0.255 e. The minimum atomic E-state index is 0.0668. The van der Waals surface area contributed by atoms with E-state index < -0.39 is 0 Å². The number of aryl methyl sites for hydroxylation is 3. The molecule has 2 aromatic heterocycles. The van der Waals surface area contributed by atoms with Crippen LogP contribution in [-0.4, -0.2) is 39.0 Å². The molecule has 1 aliphatic carbocycles. The van der Waals surface area contributed by atoms with Gasteiger partial charge in [0, 0.05) is 37.8 Å². The van der Waals surface area contributed by atoms with Crippen LogP contribution in [0.2, 0.25) is 0 Å². The second kappa shape index (κ2) is 5.76. The second-order valence-electron chi connectivity index (χ2n) is 6.45. The molecular formula is C17H20N4O2. The van der Waals surface area contributed by atoms with E-state index in [4.69, 9.17) is 4.52 Å². The van der Waals surface area contributed by atoms with Gasteiger partial charge >= 0.3 is 0 Å². The van der Waals surface area contributed by atoms with Gasteiger partial charge in [0.2, 0.25) is 5.89 Å². The topological polar surface area (TPSA) is 72.1 Å². The SMILES string of the molecule is Cc1nc(C2CCCN(C(=O)c3cnc4c(c3)CCC4)C2)no1. The number of carbonyl (C=O) groups excluding carboxylic acids is 1. The smallest absolute Gasteiger partial charge is 0.255 e. The first-order valence-corrected chi connectivity index (χ1v) is 8.28. The highest BCUT2D eigenvalue weighted by molar-refractivity contribution is 5.94. The molecule has 0 bridgehead atoms. The Balaban J connectivity index is 1.51. The van der Waals surface area contributed by atoms with Gasteiger partial charge in [-0.1, -0.05) is 5.16 Å². The average Bonchev–Trinajstić information content (AvgIpc) is 3.22. The van der Waals surface area contributed by atoms with E-state index >= 15 is 0 Å². The molecule has 120 valence electrons. The normalized spacial score (nSPS) is 20.6. The molecule has 2 aliphatic rings. The predicted octanol–water partition coefficient (Wildman–Crippen LogP) is 2.28. The van der Waals surface area contributed by atoms with E-state index in [-0.39, 0.29) is 11.8 Å². The standard InChI is InChI=1S/C17H20N4O2/c1-11-19-16(20-23-11)13-5-3-7-21(10-13)17(22)14-8-12-4-2-6-15(12)18-9-14/h8-9,13H,2-7,10H2,1H3. The quantitative estimate of drug-likeness (QED) is 0.850. The molecule has 6 nitrogen and oxygen atoms in total. The largest absolute Gasteiger partial charge is 0.340 e.